The van der Waals surface area contributed by atoms with E-state index in [1.54, 1.807) is 6.07 Å². The van der Waals surface area contributed by atoms with Crippen LogP contribution in [0.5, 0.6) is 0 Å². The molecule has 1 aliphatic heterocycles. The number of esters is 1. The van der Waals surface area contributed by atoms with Crippen LogP contribution in [0.2, 0.25) is 0 Å². The zero-order valence-corrected chi connectivity index (χ0v) is 15.5. The van der Waals surface area contributed by atoms with E-state index in [-0.39, 0.29) is 12.0 Å². The van der Waals surface area contributed by atoms with Crippen molar-refractivity contribution in [2.45, 2.75) is 6.04 Å². The molecule has 0 saturated heterocycles. The zero-order chi connectivity index (χ0) is 19.3. The second kappa shape index (κ2) is 7.85. The van der Waals surface area contributed by atoms with Crippen LogP contribution in [0.15, 0.2) is 84.9 Å². The van der Waals surface area contributed by atoms with Crippen LogP contribution in [0.25, 0.3) is 6.08 Å². The quantitative estimate of drug-likeness (QED) is 0.470. The molecule has 1 aliphatic rings. The van der Waals surface area contributed by atoms with Crippen LogP contribution in [0, 0.1) is 11.8 Å². The van der Waals surface area contributed by atoms with Crippen molar-refractivity contribution in [3.05, 3.63) is 102 Å². The molecule has 1 atom stereocenters. The number of benzene rings is 3. The van der Waals surface area contributed by atoms with E-state index in [1.165, 1.54) is 7.11 Å². The summed E-state index contributed by atoms with van der Waals surface area (Å²) in [5.74, 6) is 6.30. The van der Waals surface area contributed by atoms with Gasteiger partial charge in [-0.1, -0.05) is 54.3 Å². The monoisotopic (exact) mass is 365 g/mol. The topological polar surface area (TPSA) is 29.5 Å². The maximum atomic E-state index is 11.9. The normalized spacial score (nSPS) is 14.6. The molecule has 0 fully saturated rings. The van der Waals surface area contributed by atoms with Gasteiger partial charge in [-0.15, -0.1) is 0 Å². The summed E-state index contributed by atoms with van der Waals surface area (Å²) in [5.41, 5.74) is 4.54. The number of rotatable bonds is 2. The Labute approximate surface area is 164 Å². The maximum Gasteiger partial charge on any atom is 0.337 e. The molecular formula is C25H19NO2. The van der Waals surface area contributed by atoms with Gasteiger partial charge in [0.25, 0.3) is 0 Å². The lowest BCUT2D eigenvalue weighted by atomic mass is 9.99. The molecule has 3 nitrogen and oxygen atoms in total. The molecular weight excluding hydrogens is 346 g/mol. The number of carbonyl (C=O) groups excluding carboxylic acids is 1. The van der Waals surface area contributed by atoms with Crippen molar-refractivity contribution >= 4 is 23.4 Å². The maximum absolute atomic E-state index is 11.9. The zero-order valence-electron chi connectivity index (χ0n) is 15.5. The van der Waals surface area contributed by atoms with Crippen LogP contribution in [0.4, 0.5) is 11.4 Å². The highest BCUT2D eigenvalue weighted by molar-refractivity contribution is 5.92. The lowest BCUT2D eigenvalue weighted by Crippen LogP contribution is -2.30. The van der Waals surface area contributed by atoms with E-state index in [0.717, 1.165) is 22.5 Å². The minimum Gasteiger partial charge on any atom is -0.465 e. The van der Waals surface area contributed by atoms with Gasteiger partial charge in [0.1, 0.15) is 6.04 Å². The van der Waals surface area contributed by atoms with Crippen molar-refractivity contribution in [2.75, 3.05) is 12.0 Å². The van der Waals surface area contributed by atoms with Crippen molar-refractivity contribution in [3.8, 4) is 11.8 Å². The summed E-state index contributed by atoms with van der Waals surface area (Å²) in [5, 5.41) is 0. The first-order valence-corrected chi connectivity index (χ1v) is 9.08. The van der Waals surface area contributed by atoms with Crippen LogP contribution < -0.4 is 4.90 Å². The Morgan fingerprint density at radius 2 is 1.68 bits per heavy atom. The van der Waals surface area contributed by atoms with E-state index in [9.17, 15) is 4.79 Å². The highest BCUT2D eigenvalue weighted by atomic mass is 16.5. The molecule has 0 amide bonds. The lowest BCUT2D eigenvalue weighted by Gasteiger charge is -2.33. The van der Waals surface area contributed by atoms with Crippen LogP contribution >= 0.6 is 0 Å². The Morgan fingerprint density at radius 1 is 0.964 bits per heavy atom. The largest absolute Gasteiger partial charge is 0.465 e. The van der Waals surface area contributed by atoms with Crippen LogP contribution in [-0.2, 0) is 4.74 Å². The van der Waals surface area contributed by atoms with Gasteiger partial charge in [0.2, 0.25) is 0 Å². The van der Waals surface area contributed by atoms with Gasteiger partial charge >= 0.3 is 5.97 Å². The molecule has 136 valence electrons. The van der Waals surface area contributed by atoms with Gasteiger partial charge in [0, 0.05) is 16.9 Å². The fourth-order valence-corrected chi connectivity index (χ4v) is 3.26. The first-order valence-electron chi connectivity index (χ1n) is 9.08. The number of para-hydroxylation sites is 1. The van der Waals surface area contributed by atoms with Crippen LogP contribution in [-0.4, -0.2) is 19.1 Å². The van der Waals surface area contributed by atoms with Gasteiger partial charge in [0.05, 0.1) is 12.7 Å². The number of methoxy groups -OCH3 is 1. The molecule has 3 aromatic rings. The van der Waals surface area contributed by atoms with E-state index >= 15 is 0 Å². The summed E-state index contributed by atoms with van der Waals surface area (Å²) >= 11 is 0. The fraction of sp³-hybridized carbons (Fsp3) is 0.0800. The summed E-state index contributed by atoms with van der Waals surface area (Å²) in [7, 11) is 1.39. The molecule has 0 bridgehead atoms. The van der Waals surface area contributed by atoms with E-state index in [4.69, 9.17) is 4.74 Å². The number of carbonyl (C=O) groups is 1. The molecule has 0 aliphatic carbocycles. The molecule has 1 heterocycles. The van der Waals surface area contributed by atoms with Crippen molar-refractivity contribution < 1.29 is 9.53 Å². The molecule has 3 heteroatoms. The summed E-state index contributed by atoms with van der Waals surface area (Å²) < 4.78 is 4.85. The van der Waals surface area contributed by atoms with E-state index in [0.29, 0.717) is 5.56 Å². The third-order valence-corrected chi connectivity index (χ3v) is 4.62. The minimum absolute atomic E-state index is 0.112. The molecule has 3 aromatic carbocycles. The second-order valence-corrected chi connectivity index (χ2v) is 6.41. The van der Waals surface area contributed by atoms with E-state index in [2.05, 4.69) is 34.9 Å². The standard InChI is InChI=1S/C25H19NO2/c1-28-25(27)21-14-17-24-20(18-21)13-16-23(15-12-19-8-4-2-5-9-19)26(24)22-10-6-3-7-11-22/h2-11,13-14,16-18,23H,1H3. The van der Waals surface area contributed by atoms with Crippen molar-refractivity contribution in [1.29, 1.82) is 0 Å². The van der Waals surface area contributed by atoms with Gasteiger partial charge in [-0.3, -0.25) is 0 Å². The molecule has 28 heavy (non-hydrogen) atoms. The van der Waals surface area contributed by atoms with E-state index < -0.39 is 0 Å². The Kier molecular flexibility index (Phi) is 4.95. The Hall–Kier alpha value is -3.77. The number of anilines is 2. The fourth-order valence-electron chi connectivity index (χ4n) is 3.26. The number of hydrogen-bond acceptors (Lipinski definition) is 3. The third-order valence-electron chi connectivity index (χ3n) is 4.62. The predicted molar refractivity (Wildman–Crippen MR) is 113 cm³/mol. The number of ether oxygens (including phenoxy) is 1. The smallest absolute Gasteiger partial charge is 0.337 e. The third kappa shape index (κ3) is 3.54. The Balaban J connectivity index is 1.78. The molecule has 0 N–H and O–H groups in total. The van der Waals surface area contributed by atoms with Crippen molar-refractivity contribution in [3.63, 3.8) is 0 Å². The van der Waals surface area contributed by atoms with Crippen LogP contribution in [0.3, 0.4) is 0 Å². The summed E-state index contributed by atoms with van der Waals surface area (Å²) in [4.78, 5) is 14.1. The van der Waals surface area contributed by atoms with Crippen LogP contribution in [0.1, 0.15) is 21.5 Å². The minimum atomic E-state index is -0.339. The number of nitrogens with zero attached hydrogens (tertiary/aromatic N) is 1. The summed E-state index contributed by atoms with van der Waals surface area (Å²) in [6, 6.07) is 25.6. The highest BCUT2D eigenvalue weighted by Crippen LogP contribution is 2.36. The Bertz CT molecular complexity index is 1080. The van der Waals surface area contributed by atoms with Gasteiger partial charge in [-0.2, -0.15) is 0 Å². The van der Waals surface area contributed by atoms with Gasteiger partial charge in [-0.25, -0.2) is 4.79 Å². The van der Waals surface area contributed by atoms with E-state index in [1.807, 2.05) is 66.7 Å². The average molecular weight is 365 g/mol. The highest BCUT2D eigenvalue weighted by Gasteiger charge is 2.23. The SMILES string of the molecule is COC(=O)c1ccc2c(c1)C=CC(C#Cc1ccccc1)N2c1ccccc1. The first kappa shape index (κ1) is 17.6. The van der Waals surface area contributed by atoms with Gasteiger partial charge in [0.15, 0.2) is 0 Å². The summed E-state index contributed by atoms with van der Waals surface area (Å²) in [6.45, 7) is 0. The average Bonchev–Trinajstić information content (AvgIpc) is 2.77. The molecule has 0 spiro atoms. The van der Waals surface area contributed by atoms with Gasteiger partial charge in [-0.05, 0) is 54.1 Å². The van der Waals surface area contributed by atoms with Crippen molar-refractivity contribution in [2.24, 2.45) is 0 Å². The van der Waals surface area contributed by atoms with Crippen molar-refractivity contribution in [1.82, 2.24) is 0 Å². The lowest BCUT2D eigenvalue weighted by molar-refractivity contribution is 0.0600. The molecule has 1 unspecified atom stereocenters. The first-order chi connectivity index (χ1) is 13.8. The molecule has 4 rings (SSSR count). The summed E-state index contributed by atoms with van der Waals surface area (Å²) in [6.07, 6.45) is 4.08. The second-order valence-electron chi connectivity index (χ2n) is 6.41. The Morgan fingerprint density at radius 3 is 2.39 bits per heavy atom. The molecule has 0 saturated carbocycles. The predicted octanol–water partition coefficient (Wildman–Crippen LogP) is 5.06. The molecule has 0 aromatic heterocycles. The number of hydrogen-bond donors (Lipinski definition) is 0. The molecule has 0 radical (unpaired) electrons. The number of fused-ring (bicyclic) bond motifs is 1. The van der Waals surface area contributed by atoms with Gasteiger partial charge < -0.3 is 9.64 Å².